The first kappa shape index (κ1) is 8.02. The Bertz CT molecular complexity index is 81.3. The first-order valence-corrected chi connectivity index (χ1v) is 3.94. The molecule has 0 spiro atoms. The minimum atomic E-state index is 0.346. The number of ether oxygens (including phenoxy) is 2. The first-order valence-electron chi connectivity index (χ1n) is 3.94. The highest BCUT2D eigenvalue weighted by Gasteiger charge is 2.23. The van der Waals surface area contributed by atoms with Gasteiger partial charge in [0.2, 0.25) is 0 Å². The Morgan fingerprint density at radius 3 is 1.60 bits per heavy atom. The SMILES string of the molecule is CO[C@H]1CCCC[C@H]1OC. The lowest BCUT2D eigenvalue weighted by molar-refractivity contribution is -0.0577. The second kappa shape index (κ2) is 3.94. The van der Waals surface area contributed by atoms with Crippen LogP contribution < -0.4 is 0 Å². The average molecular weight is 144 g/mol. The molecule has 1 aliphatic carbocycles. The molecule has 0 aliphatic heterocycles. The van der Waals surface area contributed by atoms with Crippen LogP contribution in [0.3, 0.4) is 0 Å². The second-order valence-electron chi connectivity index (χ2n) is 2.83. The number of methoxy groups -OCH3 is 2. The fraction of sp³-hybridized carbons (Fsp3) is 1.00. The molecule has 0 N–H and O–H groups in total. The highest BCUT2D eigenvalue weighted by molar-refractivity contribution is 4.75. The molecule has 1 aliphatic rings. The molecule has 2 nitrogen and oxygen atoms in total. The van der Waals surface area contributed by atoms with Crippen LogP contribution in [-0.2, 0) is 9.47 Å². The molecule has 0 aromatic rings. The van der Waals surface area contributed by atoms with Crippen molar-refractivity contribution < 1.29 is 9.47 Å². The van der Waals surface area contributed by atoms with Crippen LogP contribution in [0.25, 0.3) is 0 Å². The van der Waals surface area contributed by atoms with E-state index in [1.807, 2.05) is 0 Å². The molecule has 0 saturated heterocycles. The van der Waals surface area contributed by atoms with E-state index in [0.29, 0.717) is 12.2 Å². The summed E-state index contributed by atoms with van der Waals surface area (Å²) in [6, 6.07) is 0. The van der Waals surface area contributed by atoms with Gasteiger partial charge in [0.15, 0.2) is 0 Å². The summed E-state index contributed by atoms with van der Waals surface area (Å²) < 4.78 is 10.5. The minimum Gasteiger partial charge on any atom is -0.379 e. The van der Waals surface area contributed by atoms with Gasteiger partial charge in [0, 0.05) is 14.2 Å². The summed E-state index contributed by atoms with van der Waals surface area (Å²) in [6.45, 7) is 0. The van der Waals surface area contributed by atoms with Crippen LogP contribution in [0.15, 0.2) is 0 Å². The van der Waals surface area contributed by atoms with Crippen molar-refractivity contribution in [3.63, 3.8) is 0 Å². The smallest absolute Gasteiger partial charge is 0.0832 e. The number of rotatable bonds is 2. The third-order valence-electron chi connectivity index (χ3n) is 2.25. The van der Waals surface area contributed by atoms with Gasteiger partial charge in [-0.15, -0.1) is 0 Å². The zero-order chi connectivity index (χ0) is 7.40. The minimum absolute atomic E-state index is 0.346. The highest BCUT2D eigenvalue weighted by atomic mass is 16.5. The summed E-state index contributed by atoms with van der Waals surface area (Å²) in [4.78, 5) is 0. The van der Waals surface area contributed by atoms with Crippen LogP contribution in [-0.4, -0.2) is 26.4 Å². The summed E-state index contributed by atoms with van der Waals surface area (Å²) in [7, 11) is 3.53. The van der Waals surface area contributed by atoms with Crippen LogP contribution >= 0.6 is 0 Å². The Morgan fingerprint density at radius 2 is 1.30 bits per heavy atom. The predicted octanol–water partition coefficient (Wildman–Crippen LogP) is 1.59. The van der Waals surface area contributed by atoms with Crippen molar-refractivity contribution in [3.05, 3.63) is 0 Å². The summed E-state index contributed by atoms with van der Waals surface area (Å²) in [5.41, 5.74) is 0. The molecule has 0 amide bonds. The molecule has 2 atom stereocenters. The van der Waals surface area contributed by atoms with Crippen molar-refractivity contribution in [3.8, 4) is 0 Å². The second-order valence-corrected chi connectivity index (χ2v) is 2.83. The fourth-order valence-corrected chi connectivity index (χ4v) is 1.60. The van der Waals surface area contributed by atoms with Gasteiger partial charge in [0.25, 0.3) is 0 Å². The normalized spacial score (nSPS) is 34.2. The maximum Gasteiger partial charge on any atom is 0.0832 e. The van der Waals surface area contributed by atoms with E-state index in [1.54, 1.807) is 14.2 Å². The summed E-state index contributed by atoms with van der Waals surface area (Å²) >= 11 is 0. The van der Waals surface area contributed by atoms with Gasteiger partial charge in [-0.2, -0.15) is 0 Å². The van der Waals surface area contributed by atoms with Gasteiger partial charge in [-0.3, -0.25) is 0 Å². The Balaban J connectivity index is 2.34. The van der Waals surface area contributed by atoms with Crippen molar-refractivity contribution >= 4 is 0 Å². The van der Waals surface area contributed by atoms with Gasteiger partial charge in [-0.1, -0.05) is 12.8 Å². The molecule has 0 bridgehead atoms. The van der Waals surface area contributed by atoms with Crippen LogP contribution in [0.5, 0.6) is 0 Å². The predicted molar refractivity (Wildman–Crippen MR) is 40.1 cm³/mol. The van der Waals surface area contributed by atoms with Gasteiger partial charge in [-0.25, -0.2) is 0 Å². The number of hydrogen-bond donors (Lipinski definition) is 0. The molecule has 1 rings (SSSR count). The van der Waals surface area contributed by atoms with E-state index in [-0.39, 0.29) is 0 Å². The fourth-order valence-electron chi connectivity index (χ4n) is 1.60. The Morgan fingerprint density at radius 1 is 0.900 bits per heavy atom. The van der Waals surface area contributed by atoms with Gasteiger partial charge >= 0.3 is 0 Å². The van der Waals surface area contributed by atoms with E-state index < -0.39 is 0 Å². The zero-order valence-electron chi connectivity index (χ0n) is 6.80. The maximum atomic E-state index is 5.27. The Labute approximate surface area is 62.5 Å². The zero-order valence-corrected chi connectivity index (χ0v) is 6.80. The van der Waals surface area contributed by atoms with Gasteiger partial charge in [0.05, 0.1) is 12.2 Å². The first-order chi connectivity index (χ1) is 4.88. The van der Waals surface area contributed by atoms with Crippen molar-refractivity contribution in [1.29, 1.82) is 0 Å². The standard InChI is InChI=1S/C8H16O2/c1-9-7-5-3-4-6-8(7)10-2/h7-8H,3-6H2,1-2H3/t7-,8+. The summed E-state index contributed by atoms with van der Waals surface area (Å²) in [5.74, 6) is 0. The van der Waals surface area contributed by atoms with Crippen molar-refractivity contribution in [2.45, 2.75) is 37.9 Å². The van der Waals surface area contributed by atoms with E-state index in [0.717, 1.165) is 12.8 Å². The lowest BCUT2D eigenvalue weighted by Gasteiger charge is -2.28. The van der Waals surface area contributed by atoms with Crippen LogP contribution in [0, 0.1) is 0 Å². The van der Waals surface area contributed by atoms with Gasteiger partial charge < -0.3 is 9.47 Å². The lowest BCUT2D eigenvalue weighted by atomic mass is 9.95. The Kier molecular flexibility index (Phi) is 3.16. The molecule has 0 aromatic heterocycles. The van der Waals surface area contributed by atoms with E-state index in [4.69, 9.17) is 9.47 Å². The van der Waals surface area contributed by atoms with Gasteiger partial charge in [0.1, 0.15) is 0 Å². The van der Waals surface area contributed by atoms with Crippen LogP contribution in [0.4, 0.5) is 0 Å². The van der Waals surface area contributed by atoms with Crippen LogP contribution in [0.1, 0.15) is 25.7 Å². The quantitative estimate of drug-likeness (QED) is 0.586. The molecule has 0 radical (unpaired) electrons. The molecule has 0 aromatic carbocycles. The van der Waals surface area contributed by atoms with E-state index >= 15 is 0 Å². The molecule has 2 heteroatoms. The van der Waals surface area contributed by atoms with E-state index in [2.05, 4.69) is 0 Å². The molecular formula is C8H16O2. The molecule has 0 heterocycles. The topological polar surface area (TPSA) is 18.5 Å². The monoisotopic (exact) mass is 144 g/mol. The molecule has 1 fully saturated rings. The molecule has 0 unspecified atom stereocenters. The molecular weight excluding hydrogens is 128 g/mol. The van der Waals surface area contributed by atoms with Crippen LogP contribution in [0.2, 0.25) is 0 Å². The van der Waals surface area contributed by atoms with E-state index in [1.165, 1.54) is 12.8 Å². The molecule has 10 heavy (non-hydrogen) atoms. The third kappa shape index (κ3) is 1.70. The molecule has 60 valence electrons. The van der Waals surface area contributed by atoms with Crippen molar-refractivity contribution in [2.24, 2.45) is 0 Å². The van der Waals surface area contributed by atoms with E-state index in [9.17, 15) is 0 Å². The average Bonchev–Trinajstić information content (AvgIpc) is 2.04. The van der Waals surface area contributed by atoms with Crippen molar-refractivity contribution in [1.82, 2.24) is 0 Å². The maximum absolute atomic E-state index is 5.27. The Hall–Kier alpha value is -0.0800. The van der Waals surface area contributed by atoms with Crippen molar-refractivity contribution in [2.75, 3.05) is 14.2 Å². The highest BCUT2D eigenvalue weighted by Crippen LogP contribution is 2.22. The summed E-state index contributed by atoms with van der Waals surface area (Å²) in [6.07, 6.45) is 5.60. The molecule has 1 saturated carbocycles. The van der Waals surface area contributed by atoms with Gasteiger partial charge in [-0.05, 0) is 12.8 Å². The lowest BCUT2D eigenvalue weighted by Crippen LogP contribution is -2.32. The largest absolute Gasteiger partial charge is 0.379 e. The number of hydrogen-bond acceptors (Lipinski definition) is 2. The summed E-state index contributed by atoms with van der Waals surface area (Å²) in [5, 5.41) is 0. The third-order valence-corrected chi connectivity index (χ3v) is 2.25.